The molecule has 1 N–H and O–H groups in total. The minimum Gasteiger partial charge on any atom is -0.492 e. The third kappa shape index (κ3) is 5.61. The lowest BCUT2D eigenvalue weighted by Crippen LogP contribution is -2.49. The standard InChI is InChI=1S/C29H30F3N5O4S/c1-28(2)25(38)36(20-6-5-19(17-33)23(16-20)29(30,31)32)26(42)37(28)21-7-8-24(22(15-21)18-3-4-18)41-14-13-34-9-11-35(12-10-34)27(39)40/h5-8,15-16,18H,3-4,9-14H2,1-2H3,(H,39,40). The number of ether oxygens (including phenoxy) is 1. The Morgan fingerprint density at radius 3 is 2.38 bits per heavy atom. The van der Waals surface area contributed by atoms with Gasteiger partial charge in [-0.15, -0.1) is 0 Å². The first kappa shape index (κ1) is 29.6. The number of piperazine rings is 1. The number of nitriles is 1. The van der Waals surface area contributed by atoms with Crippen molar-refractivity contribution in [2.24, 2.45) is 0 Å². The van der Waals surface area contributed by atoms with Gasteiger partial charge in [-0.2, -0.15) is 18.4 Å². The first-order valence-electron chi connectivity index (χ1n) is 13.6. The molecule has 2 aromatic rings. The molecule has 2 amide bonds. The van der Waals surface area contributed by atoms with E-state index >= 15 is 0 Å². The Balaban J connectivity index is 1.36. The van der Waals surface area contributed by atoms with Crippen LogP contribution in [0.2, 0.25) is 0 Å². The highest BCUT2D eigenvalue weighted by Crippen LogP contribution is 2.47. The van der Waals surface area contributed by atoms with Gasteiger partial charge >= 0.3 is 12.3 Å². The van der Waals surface area contributed by atoms with Crippen molar-refractivity contribution in [3.8, 4) is 11.8 Å². The maximum atomic E-state index is 13.7. The number of thiocarbonyl (C=S) groups is 1. The number of carboxylic acid groups (broad SMARTS) is 1. The van der Waals surface area contributed by atoms with Gasteiger partial charge in [0.25, 0.3) is 5.91 Å². The molecule has 2 saturated heterocycles. The Kier molecular flexibility index (Phi) is 7.80. The van der Waals surface area contributed by atoms with Gasteiger partial charge in [-0.25, -0.2) is 4.79 Å². The number of carbonyl (C=O) groups excluding carboxylic acids is 1. The van der Waals surface area contributed by atoms with E-state index in [1.807, 2.05) is 12.1 Å². The smallest absolute Gasteiger partial charge is 0.417 e. The van der Waals surface area contributed by atoms with Crippen LogP contribution in [0, 0.1) is 11.3 Å². The van der Waals surface area contributed by atoms with Crippen LogP contribution in [0.3, 0.4) is 0 Å². The fourth-order valence-electron chi connectivity index (χ4n) is 5.43. The summed E-state index contributed by atoms with van der Waals surface area (Å²) < 4.78 is 47.1. The Bertz CT molecular complexity index is 1460. The number of rotatable bonds is 7. The second-order valence-electron chi connectivity index (χ2n) is 11.1. The summed E-state index contributed by atoms with van der Waals surface area (Å²) in [6.45, 7) is 6.60. The molecule has 2 aromatic carbocycles. The van der Waals surface area contributed by atoms with Crippen molar-refractivity contribution in [2.45, 2.75) is 44.3 Å². The average molecular weight is 602 g/mol. The van der Waals surface area contributed by atoms with Crippen molar-refractivity contribution in [1.82, 2.24) is 9.80 Å². The molecule has 1 saturated carbocycles. The molecule has 13 heteroatoms. The molecule has 9 nitrogen and oxygen atoms in total. The molecule has 0 unspecified atom stereocenters. The summed E-state index contributed by atoms with van der Waals surface area (Å²) >= 11 is 5.68. The maximum absolute atomic E-state index is 13.7. The van der Waals surface area contributed by atoms with Crippen molar-refractivity contribution in [2.75, 3.05) is 49.1 Å². The van der Waals surface area contributed by atoms with Gasteiger partial charge in [0.05, 0.1) is 22.9 Å². The molecule has 222 valence electrons. The first-order valence-corrected chi connectivity index (χ1v) is 14.0. The molecular formula is C29H30F3N5O4S. The normalized spacial score (nSPS) is 19.3. The molecule has 3 aliphatic rings. The van der Waals surface area contributed by atoms with Crippen LogP contribution >= 0.6 is 12.2 Å². The van der Waals surface area contributed by atoms with Crippen molar-refractivity contribution in [3.05, 3.63) is 53.1 Å². The lowest BCUT2D eigenvalue weighted by atomic mass is 10.0. The summed E-state index contributed by atoms with van der Waals surface area (Å²) in [5.41, 5.74) is -1.30. The molecule has 42 heavy (non-hydrogen) atoms. The van der Waals surface area contributed by atoms with E-state index in [9.17, 15) is 22.8 Å². The monoisotopic (exact) mass is 601 g/mol. The van der Waals surface area contributed by atoms with E-state index in [0.717, 1.165) is 41.2 Å². The first-order chi connectivity index (χ1) is 19.8. The molecule has 2 heterocycles. The zero-order valence-corrected chi connectivity index (χ0v) is 24.0. The van der Waals surface area contributed by atoms with Crippen molar-refractivity contribution in [3.63, 3.8) is 0 Å². The van der Waals surface area contributed by atoms with Gasteiger partial charge in [0.2, 0.25) is 0 Å². The minimum atomic E-state index is -4.78. The topological polar surface area (TPSA) is 100 Å². The summed E-state index contributed by atoms with van der Waals surface area (Å²) in [5.74, 6) is 0.526. The van der Waals surface area contributed by atoms with Gasteiger partial charge in [0, 0.05) is 38.4 Å². The van der Waals surface area contributed by atoms with Crippen molar-refractivity contribution >= 4 is 40.7 Å². The highest BCUT2D eigenvalue weighted by molar-refractivity contribution is 7.81. The molecule has 0 radical (unpaired) electrons. The lowest BCUT2D eigenvalue weighted by Gasteiger charge is -2.33. The number of amides is 2. The van der Waals surface area contributed by atoms with Crippen LogP contribution in [-0.4, -0.2) is 76.9 Å². The fraction of sp³-hybridized carbons (Fsp3) is 0.448. The van der Waals surface area contributed by atoms with E-state index in [2.05, 4.69) is 4.90 Å². The van der Waals surface area contributed by atoms with E-state index in [1.54, 1.807) is 30.9 Å². The molecule has 2 aliphatic heterocycles. The SMILES string of the molecule is CC1(C)C(=O)N(c2ccc(C#N)c(C(F)(F)F)c2)C(=S)N1c1ccc(OCCN2CCN(C(=O)O)CC2)c(C2CC2)c1. The number of alkyl halides is 3. The van der Waals surface area contributed by atoms with Crippen LogP contribution in [0.15, 0.2) is 36.4 Å². The zero-order chi connectivity index (χ0) is 30.4. The van der Waals surface area contributed by atoms with Crippen LogP contribution in [0.1, 0.15) is 49.3 Å². The molecular weight excluding hydrogens is 571 g/mol. The van der Waals surface area contributed by atoms with Gasteiger partial charge in [0.15, 0.2) is 5.11 Å². The summed E-state index contributed by atoms with van der Waals surface area (Å²) in [6.07, 6.45) is -3.71. The summed E-state index contributed by atoms with van der Waals surface area (Å²) in [7, 11) is 0. The fourth-order valence-corrected chi connectivity index (χ4v) is 5.95. The quantitative estimate of drug-likeness (QED) is 0.441. The maximum Gasteiger partial charge on any atom is 0.417 e. The number of anilines is 2. The zero-order valence-electron chi connectivity index (χ0n) is 23.1. The largest absolute Gasteiger partial charge is 0.492 e. The third-order valence-corrected chi connectivity index (χ3v) is 8.30. The molecule has 1 aliphatic carbocycles. The Morgan fingerprint density at radius 1 is 1.12 bits per heavy atom. The Hall–Kier alpha value is -3.89. The number of benzene rings is 2. The van der Waals surface area contributed by atoms with E-state index in [4.69, 9.17) is 27.3 Å². The summed E-state index contributed by atoms with van der Waals surface area (Å²) in [5, 5.41) is 18.3. The number of carbonyl (C=O) groups is 2. The molecule has 0 aromatic heterocycles. The molecule has 3 fully saturated rings. The third-order valence-electron chi connectivity index (χ3n) is 7.93. The average Bonchev–Trinajstić information content (AvgIpc) is 3.76. The van der Waals surface area contributed by atoms with Gasteiger partial charge in [0.1, 0.15) is 17.9 Å². The van der Waals surface area contributed by atoms with Gasteiger partial charge in [-0.3, -0.25) is 14.6 Å². The molecule has 0 bridgehead atoms. The van der Waals surface area contributed by atoms with E-state index in [0.29, 0.717) is 45.0 Å². The predicted octanol–water partition coefficient (Wildman–Crippen LogP) is 5.05. The predicted molar refractivity (Wildman–Crippen MR) is 153 cm³/mol. The summed E-state index contributed by atoms with van der Waals surface area (Å²) in [4.78, 5) is 31.0. The highest BCUT2D eigenvalue weighted by atomic mass is 32.1. The second kappa shape index (κ2) is 11.1. The van der Waals surface area contributed by atoms with Crippen LogP contribution in [0.4, 0.5) is 29.3 Å². The minimum absolute atomic E-state index is 0.0405. The van der Waals surface area contributed by atoms with Crippen LogP contribution in [-0.2, 0) is 11.0 Å². The summed E-state index contributed by atoms with van der Waals surface area (Å²) in [6, 6.07) is 10.2. The number of hydrogen-bond acceptors (Lipinski definition) is 6. The molecule has 5 rings (SSSR count). The molecule has 0 spiro atoms. The van der Waals surface area contributed by atoms with Crippen LogP contribution < -0.4 is 14.5 Å². The number of hydrogen-bond donors (Lipinski definition) is 1. The van der Waals surface area contributed by atoms with Gasteiger partial charge in [-0.1, -0.05) is 0 Å². The molecule has 0 atom stereocenters. The van der Waals surface area contributed by atoms with Crippen LogP contribution in [0.25, 0.3) is 0 Å². The highest BCUT2D eigenvalue weighted by Gasteiger charge is 2.51. The van der Waals surface area contributed by atoms with Crippen molar-refractivity contribution < 1.29 is 32.6 Å². The lowest BCUT2D eigenvalue weighted by molar-refractivity contribution is -0.137. The number of nitrogens with zero attached hydrogens (tertiary/aromatic N) is 5. The second-order valence-corrected chi connectivity index (χ2v) is 11.5. The van der Waals surface area contributed by atoms with Crippen LogP contribution in [0.5, 0.6) is 5.75 Å². The Labute approximate surface area is 246 Å². The van der Waals surface area contributed by atoms with E-state index in [-0.39, 0.29) is 16.7 Å². The van der Waals surface area contributed by atoms with Gasteiger partial charge < -0.3 is 19.6 Å². The van der Waals surface area contributed by atoms with E-state index < -0.39 is 34.8 Å². The van der Waals surface area contributed by atoms with E-state index in [1.165, 1.54) is 11.0 Å². The Morgan fingerprint density at radius 2 is 1.79 bits per heavy atom. The number of halogens is 3. The van der Waals surface area contributed by atoms with Crippen molar-refractivity contribution in [1.29, 1.82) is 5.26 Å². The van der Waals surface area contributed by atoms with Gasteiger partial charge in [-0.05, 0) is 86.8 Å².